The number of thioether (sulfide) groups is 1. The summed E-state index contributed by atoms with van der Waals surface area (Å²) < 4.78 is 5.97. The predicted molar refractivity (Wildman–Crippen MR) is 114 cm³/mol. The molecule has 1 atom stereocenters. The highest BCUT2D eigenvalue weighted by Crippen LogP contribution is 2.30. The molecule has 0 radical (unpaired) electrons. The lowest BCUT2D eigenvalue weighted by Crippen LogP contribution is -2.36. The molecule has 0 aromatic heterocycles. The highest BCUT2D eigenvalue weighted by atomic mass is 32.2. The van der Waals surface area contributed by atoms with Gasteiger partial charge in [-0.15, -0.1) is 11.8 Å². The Morgan fingerprint density at radius 2 is 1.70 bits per heavy atom. The molecule has 1 unspecified atom stereocenters. The third-order valence-corrected chi connectivity index (χ3v) is 5.36. The molecule has 2 aromatic rings. The molecule has 0 amide bonds. The molecule has 4 heteroatoms. The fraction of sp³-hybridized carbons (Fsp3) is 0.348. The maximum Gasteiger partial charge on any atom is 0.172 e. The van der Waals surface area contributed by atoms with Crippen molar-refractivity contribution in [2.75, 3.05) is 6.26 Å². The third-order valence-electron chi connectivity index (χ3n) is 4.62. The SMILES string of the molecule is CSc1ccc(C(O)/C=C\c2cc(C)c(OC(C)(C)C(C)=O)c(C)c2)cc1. The molecule has 2 rings (SSSR count). The van der Waals surface area contributed by atoms with Crippen LogP contribution in [0.25, 0.3) is 6.08 Å². The van der Waals surface area contributed by atoms with E-state index in [0.717, 1.165) is 28.0 Å². The summed E-state index contributed by atoms with van der Waals surface area (Å²) in [5.74, 6) is 0.724. The number of ketones is 1. The number of carbonyl (C=O) groups excluding carboxylic acids is 1. The molecule has 0 saturated heterocycles. The summed E-state index contributed by atoms with van der Waals surface area (Å²) in [5, 5.41) is 10.4. The first kappa shape index (κ1) is 21.3. The van der Waals surface area contributed by atoms with Crippen LogP contribution in [0.1, 0.15) is 49.1 Å². The molecule has 0 aliphatic carbocycles. The van der Waals surface area contributed by atoms with Crippen LogP contribution in [0.2, 0.25) is 0 Å². The number of hydrogen-bond donors (Lipinski definition) is 1. The van der Waals surface area contributed by atoms with Gasteiger partial charge >= 0.3 is 0 Å². The molecule has 144 valence electrons. The van der Waals surface area contributed by atoms with Crippen LogP contribution >= 0.6 is 11.8 Å². The van der Waals surface area contributed by atoms with Crippen molar-refractivity contribution in [1.82, 2.24) is 0 Å². The minimum absolute atomic E-state index is 0.0131. The van der Waals surface area contributed by atoms with Crippen LogP contribution < -0.4 is 4.74 Å². The van der Waals surface area contributed by atoms with Crippen molar-refractivity contribution in [1.29, 1.82) is 0 Å². The minimum atomic E-state index is -0.855. The van der Waals surface area contributed by atoms with Crippen molar-refractivity contribution in [3.05, 3.63) is 64.7 Å². The Kier molecular flexibility index (Phi) is 6.90. The van der Waals surface area contributed by atoms with Crippen LogP contribution in [-0.4, -0.2) is 22.7 Å². The first-order valence-electron chi connectivity index (χ1n) is 8.95. The fourth-order valence-electron chi connectivity index (χ4n) is 2.68. The van der Waals surface area contributed by atoms with Crippen molar-refractivity contribution in [2.45, 2.75) is 51.2 Å². The minimum Gasteiger partial charge on any atom is -0.480 e. The lowest BCUT2D eigenvalue weighted by atomic mass is 10.0. The normalized spacial score (nSPS) is 13.0. The monoisotopic (exact) mass is 384 g/mol. The molecular weight excluding hydrogens is 356 g/mol. The molecule has 0 heterocycles. The third kappa shape index (κ3) is 5.47. The first-order valence-corrected chi connectivity index (χ1v) is 10.2. The molecule has 0 spiro atoms. The van der Waals surface area contributed by atoms with Crippen LogP contribution in [0.15, 0.2) is 47.4 Å². The van der Waals surface area contributed by atoms with Gasteiger partial charge in [0, 0.05) is 4.90 Å². The molecule has 0 saturated carbocycles. The number of carbonyl (C=O) groups is 1. The zero-order valence-electron chi connectivity index (χ0n) is 16.9. The van der Waals surface area contributed by atoms with E-state index in [-0.39, 0.29) is 5.78 Å². The number of aliphatic hydroxyl groups is 1. The zero-order chi connectivity index (χ0) is 20.2. The van der Waals surface area contributed by atoms with Gasteiger partial charge in [0.05, 0.1) is 6.10 Å². The first-order chi connectivity index (χ1) is 12.6. The molecule has 0 aliphatic heterocycles. The van der Waals surface area contributed by atoms with Crippen molar-refractivity contribution in [2.24, 2.45) is 0 Å². The molecule has 1 N–H and O–H groups in total. The molecule has 27 heavy (non-hydrogen) atoms. The average molecular weight is 385 g/mol. The largest absolute Gasteiger partial charge is 0.480 e. The number of benzene rings is 2. The molecule has 0 fully saturated rings. The van der Waals surface area contributed by atoms with Crippen LogP contribution in [0, 0.1) is 13.8 Å². The van der Waals surface area contributed by atoms with E-state index in [9.17, 15) is 9.90 Å². The van der Waals surface area contributed by atoms with Crippen molar-refractivity contribution >= 4 is 23.6 Å². The van der Waals surface area contributed by atoms with Gasteiger partial charge in [0.2, 0.25) is 0 Å². The Bertz CT molecular complexity index is 812. The van der Waals surface area contributed by atoms with Gasteiger partial charge in [-0.2, -0.15) is 0 Å². The molecule has 0 bridgehead atoms. The van der Waals surface area contributed by atoms with Crippen molar-refractivity contribution in [3.63, 3.8) is 0 Å². The Labute approximate surface area is 166 Å². The average Bonchev–Trinajstić information content (AvgIpc) is 2.62. The Morgan fingerprint density at radius 1 is 1.15 bits per heavy atom. The number of aryl methyl sites for hydroxylation is 2. The van der Waals surface area contributed by atoms with Gasteiger partial charge < -0.3 is 9.84 Å². The molecule has 2 aromatic carbocycles. The van der Waals surface area contributed by atoms with Gasteiger partial charge in [0.15, 0.2) is 11.4 Å². The lowest BCUT2D eigenvalue weighted by molar-refractivity contribution is -0.129. The van der Waals surface area contributed by atoms with Gasteiger partial charge in [0.1, 0.15) is 5.75 Å². The van der Waals surface area contributed by atoms with E-state index >= 15 is 0 Å². The Balaban J connectivity index is 2.19. The highest BCUT2D eigenvalue weighted by molar-refractivity contribution is 7.98. The Hall–Kier alpha value is -2.04. The molecule has 3 nitrogen and oxygen atoms in total. The summed E-state index contributed by atoms with van der Waals surface area (Å²) in [6.07, 6.45) is 5.06. The predicted octanol–water partition coefficient (Wildman–Crippen LogP) is 5.52. The number of aliphatic hydroxyl groups excluding tert-OH is 1. The smallest absolute Gasteiger partial charge is 0.172 e. The number of hydrogen-bond acceptors (Lipinski definition) is 4. The van der Waals surface area contributed by atoms with Crippen LogP contribution in [0.5, 0.6) is 5.75 Å². The van der Waals surface area contributed by atoms with Gasteiger partial charge in [0.25, 0.3) is 0 Å². The van der Waals surface area contributed by atoms with E-state index in [1.807, 2.05) is 62.6 Å². The lowest BCUT2D eigenvalue weighted by Gasteiger charge is -2.26. The summed E-state index contributed by atoms with van der Waals surface area (Å²) in [4.78, 5) is 12.9. The summed E-state index contributed by atoms with van der Waals surface area (Å²) in [6.45, 7) is 9.03. The van der Waals surface area contributed by atoms with E-state index in [1.165, 1.54) is 11.8 Å². The van der Waals surface area contributed by atoms with Crippen molar-refractivity contribution < 1.29 is 14.6 Å². The van der Waals surface area contributed by atoms with Gasteiger partial charge in [-0.3, -0.25) is 4.79 Å². The number of rotatable bonds is 7. The summed E-state index contributed by atoms with van der Waals surface area (Å²) >= 11 is 1.68. The maximum atomic E-state index is 11.7. The van der Waals surface area contributed by atoms with Crippen LogP contribution in [-0.2, 0) is 4.79 Å². The topological polar surface area (TPSA) is 46.5 Å². The molecular formula is C23H28O3S. The standard InChI is InChI=1S/C23H28O3S/c1-15-13-18(14-16(2)22(15)26-23(4,5)17(3)24)7-12-21(25)19-8-10-20(27-6)11-9-19/h7-14,21,25H,1-6H3/b12-7-. The maximum absolute atomic E-state index is 11.7. The van der Waals surface area contributed by atoms with E-state index < -0.39 is 11.7 Å². The van der Waals surface area contributed by atoms with Gasteiger partial charge in [-0.25, -0.2) is 0 Å². The van der Waals surface area contributed by atoms with E-state index in [2.05, 4.69) is 0 Å². The second-order valence-corrected chi connectivity index (χ2v) is 8.11. The van der Waals surface area contributed by atoms with E-state index in [0.29, 0.717) is 0 Å². The number of Topliss-reactive ketones (excluding diaryl/α,β-unsaturated/α-hetero) is 1. The zero-order valence-corrected chi connectivity index (χ0v) is 17.7. The van der Waals surface area contributed by atoms with E-state index in [4.69, 9.17) is 4.74 Å². The van der Waals surface area contributed by atoms with E-state index in [1.54, 1.807) is 31.7 Å². The highest BCUT2D eigenvalue weighted by Gasteiger charge is 2.27. The van der Waals surface area contributed by atoms with Crippen LogP contribution in [0.4, 0.5) is 0 Å². The van der Waals surface area contributed by atoms with Gasteiger partial charge in [-0.1, -0.05) is 24.3 Å². The summed E-state index contributed by atoms with van der Waals surface area (Å²) in [5.41, 5.74) is 2.91. The quantitative estimate of drug-likeness (QED) is 0.639. The second-order valence-electron chi connectivity index (χ2n) is 7.23. The molecule has 0 aliphatic rings. The van der Waals surface area contributed by atoms with Gasteiger partial charge in [-0.05, 0) is 87.4 Å². The summed E-state index contributed by atoms with van der Waals surface area (Å²) in [6, 6.07) is 11.9. The van der Waals surface area contributed by atoms with Crippen molar-refractivity contribution in [3.8, 4) is 5.75 Å². The second kappa shape index (κ2) is 8.77. The van der Waals surface area contributed by atoms with Crippen LogP contribution in [0.3, 0.4) is 0 Å². The Morgan fingerprint density at radius 3 is 2.19 bits per heavy atom. The fourth-order valence-corrected chi connectivity index (χ4v) is 3.09. The summed E-state index contributed by atoms with van der Waals surface area (Å²) in [7, 11) is 0. The number of ether oxygens (including phenoxy) is 1.